The van der Waals surface area contributed by atoms with Crippen LogP contribution in [0.4, 0.5) is 0 Å². The van der Waals surface area contributed by atoms with Crippen LogP contribution in [0.5, 0.6) is 0 Å². The van der Waals surface area contributed by atoms with Gasteiger partial charge >= 0.3 is 0 Å². The molecule has 1 aliphatic heterocycles. The number of hydrogen-bond acceptors (Lipinski definition) is 3. The number of benzene rings is 1. The van der Waals surface area contributed by atoms with E-state index in [4.69, 9.17) is 5.84 Å². The van der Waals surface area contributed by atoms with Crippen molar-refractivity contribution < 1.29 is 4.79 Å². The van der Waals surface area contributed by atoms with Gasteiger partial charge in [-0.25, -0.2) is 5.84 Å². The molecule has 2 aliphatic rings. The Kier molecular flexibility index (Phi) is 2.89. The molecule has 1 amide bonds. The number of carbonyl (C=O) groups is 1. The third-order valence-electron chi connectivity index (χ3n) is 5.05. The number of aromatic nitrogens is 1. The molecule has 1 aromatic carbocycles. The van der Waals surface area contributed by atoms with E-state index >= 15 is 0 Å². The maximum absolute atomic E-state index is 12.0. The minimum absolute atomic E-state index is 0.121. The summed E-state index contributed by atoms with van der Waals surface area (Å²) in [5.74, 6) is 5.01. The van der Waals surface area contributed by atoms with Crippen molar-refractivity contribution in [2.75, 3.05) is 13.6 Å². The van der Waals surface area contributed by atoms with Gasteiger partial charge in [0.2, 0.25) is 5.91 Å². The van der Waals surface area contributed by atoms with Gasteiger partial charge in [0.15, 0.2) is 0 Å². The highest BCUT2D eigenvalue weighted by molar-refractivity contribution is 5.99. The van der Waals surface area contributed by atoms with Gasteiger partial charge in [0.1, 0.15) is 0 Å². The van der Waals surface area contributed by atoms with Crippen LogP contribution in [-0.4, -0.2) is 35.0 Å². The Morgan fingerprint density at radius 2 is 2.18 bits per heavy atom. The first kappa shape index (κ1) is 13.5. The summed E-state index contributed by atoms with van der Waals surface area (Å²) in [6, 6.07) is 6.75. The molecule has 0 fully saturated rings. The van der Waals surface area contributed by atoms with Gasteiger partial charge in [-0.2, -0.15) is 0 Å². The maximum atomic E-state index is 12.0. The number of likely N-dealkylation sites (N-methyl/N-ethyl adjacent to an activating group) is 1. The van der Waals surface area contributed by atoms with E-state index in [0.717, 1.165) is 6.42 Å². The van der Waals surface area contributed by atoms with Crippen molar-refractivity contribution in [1.82, 2.24) is 14.9 Å². The average Bonchev–Trinajstić information content (AvgIpc) is 2.85. The van der Waals surface area contributed by atoms with E-state index in [2.05, 4.69) is 59.5 Å². The Morgan fingerprint density at radius 3 is 2.95 bits per heavy atom. The lowest BCUT2D eigenvalue weighted by molar-refractivity contribution is -0.124. The fourth-order valence-corrected chi connectivity index (χ4v) is 4.00. The van der Waals surface area contributed by atoms with Crippen molar-refractivity contribution in [3.63, 3.8) is 0 Å². The third kappa shape index (κ3) is 1.76. The lowest BCUT2D eigenvalue weighted by Gasteiger charge is -2.39. The number of nitrogens with zero attached hydrogens (tertiary/aromatic N) is 2. The number of nitrogens with one attached hydrogen (secondary N) is 1. The molecule has 3 N–H and O–H groups in total. The Labute approximate surface area is 129 Å². The van der Waals surface area contributed by atoms with Crippen molar-refractivity contribution in [3.05, 3.63) is 41.6 Å². The number of carbonyl (C=O) groups excluding carboxylic acids is 1. The third-order valence-corrected chi connectivity index (χ3v) is 5.05. The molecule has 22 heavy (non-hydrogen) atoms. The average molecular weight is 296 g/mol. The highest BCUT2D eigenvalue weighted by Crippen LogP contribution is 2.41. The number of fused-ring (bicyclic) bond motifs is 2. The van der Waals surface area contributed by atoms with Crippen LogP contribution in [0.2, 0.25) is 0 Å². The fourth-order valence-electron chi connectivity index (χ4n) is 4.00. The number of hydrogen-bond donors (Lipinski definition) is 2. The highest BCUT2D eigenvalue weighted by Gasteiger charge is 2.35. The molecule has 2 heterocycles. The molecule has 4 rings (SSSR count). The van der Waals surface area contributed by atoms with Gasteiger partial charge in [0, 0.05) is 36.7 Å². The molecular formula is C17H20N4O. The van der Waals surface area contributed by atoms with Crippen LogP contribution in [0.15, 0.2) is 30.5 Å². The van der Waals surface area contributed by atoms with Crippen LogP contribution in [0, 0.1) is 5.92 Å². The summed E-state index contributed by atoms with van der Waals surface area (Å²) in [6.45, 7) is 0.704. The first-order valence-electron chi connectivity index (χ1n) is 7.60. The van der Waals surface area contributed by atoms with Gasteiger partial charge in [-0.1, -0.05) is 18.2 Å². The molecule has 5 heteroatoms. The smallest absolute Gasteiger partial charge is 0.242 e. The number of rotatable bonds is 1. The summed E-state index contributed by atoms with van der Waals surface area (Å²) in [6.07, 6.45) is 5.34. The molecule has 2 aromatic rings. The highest BCUT2D eigenvalue weighted by atomic mass is 16.2. The fraction of sp³-hybridized carbons (Fsp3) is 0.353. The molecule has 1 aromatic heterocycles. The van der Waals surface area contributed by atoms with E-state index in [1.807, 2.05) is 0 Å². The van der Waals surface area contributed by atoms with Crippen LogP contribution < -0.4 is 11.3 Å². The zero-order chi connectivity index (χ0) is 15.4. The second-order valence-electron chi connectivity index (χ2n) is 6.36. The topological polar surface area (TPSA) is 63.3 Å². The Morgan fingerprint density at radius 1 is 1.36 bits per heavy atom. The second kappa shape index (κ2) is 4.69. The van der Waals surface area contributed by atoms with Gasteiger partial charge in [-0.15, -0.1) is 0 Å². The van der Waals surface area contributed by atoms with Gasteiger partial charge in [0.05, 0.1) is 5.92 Å². The molecule has 2 atom stereocenters. The summed E-state index contributed by atoms with van der Waals surface area (Å²) in [5, 5.41) is 1.33. The summed E-state index contributed by atoms with van der Waals surface area (Å²) in [5.41, 5.74) is 7.44. The van der Waals surface area contributed by atoms with E-state index in [1.165, 1.54) is 27.6 Å². The second-order valence-corrected chi connectivity index (χ2v) is 6.36. The summed E-state index contributed by atoms with van der Waals surface area (Å²) >= 11 is 0. The normalized spacial score (nSPS) is 24.0. The van der Waals surface area contributed by atoms with Gasteiger partial charge in [-0.3, -0.25) is 15.1 Å². The number of aryl methyl sites for hydroxylation is 1. The molecule has 0 saturated heterocycles. The van der Waals surface area contributed by atoms with Crippen molar-refractivity contribution in [2.24, 2.45) is 18.8 Å². The zero-order valence-corrected chi connectivity index (χ0v) is 12.8. The van der Waals surface area contributed by atoms with E-state index in [9.17, 15) is 4.79 Å². The molecular weight excluding hydrogens is 276 g/mol. The lowest BCUT2D eigenvalue weighted by Crippen LogP contribution is -2.47. The van der Waals surface area contributed by atoms with Crippen LogP contribution in [0.25, 0.3) is 16.5 Å². The Hall–Kier alpha value is -2.11. The molecule has 5 nitrogen and oxygen atoms in total. The quantitative estimate of drug-likeness (QED) is 0.469. The predicted octanol–water partition coefficient (Wildman–Crippen LogP) is 1.04. The Balaban J connectivity index is 1.93. The number of nitrogens with two attached hydrogens (primary N) is 1. The number of hydrazine groups is 1. The van der Waals surface area contributed by atoms with Crippen molar-refractivity contribution in [1.29, 1.82) is 0 Å². The van der Waals surface area contributed by atoms with E-state index in [1.54, 1.807) is 0 Å². The summed E-state index contributed by atoms with van der Waals surface area (Å²) in [7, 11) is 4.18. The zero-order valence-electron chi connectivity index (χ0n) is 12.8. The molecule has 0 radical (unpaired) electrons. The standard InChI is InChI=1S/C17H20N4O/c1-20-8-10-7-15-13(12-4-3-5-14(20)16(10)12)6-11(9-21(15)2)17(22)19-18/h3-6,8,11,15H,7,9,18H2,1-2H3,(H,19,22)/t11-,15-/m1/s1. The van der Waals surface area contributed by atoms with Crippen LogP contribution in [-0.2, 0) is 18.3 Å². The van der Waals surface area contributed by atoms with Gasteiger partial charge < -0.3 is 4.57 Å². The SMILES string of the molecule is CN1C[C@H](C(=O)NN)C=C2c3cccc4c3c(cn4C)C[C@H]21. The predicted molar refractivity (Wildman–Crippen MR) is 86.8 cm³/mol. The number of amides is 1. The van der Waals surface area contributed by atoms with Crippen LogP contribution in [0.3, 0.4) is 0 Å². The van der Waals surface area contributed by atoms with Crippen LogP contribution in [0.1, 0.15) is 11.1 Å². The largest absolute Gasteiger partial charge is 0.350 e. The van der Waals surface area contributed by atoms with Gasteiger partial charge in [0.25, 0.3) is 0 Å². The van der Waals surface area contributed by atoms with Crippen LogP contribution >= 0.6 is 0 Å². The minimum Gasteiger partial charge on any atom is -0.350 e. The minimum atomic E-state index is -0.193. The summed E-state index contributed by atoms with van der Waals surface area (Å²) < 4.78 is 2.19. The molecule has 0 spiro atoms. The van der Waals surface area contributed by atoms with E-state index in [-0.39, 0.29) is 11.8 Å². The van der Waals surface area contributed by atoms with E-state index in [0.29, 0.717) is 12.6 Å². The lowest BCUT2D eigenvalue weighted by atomic mass is 9.80. The van der Waals surface area contributed by atoms with E-state index < -0.39 is 0 Å². The first-order valence-corrected chi connectivity index (χ1v) is 7.60. The van der Waals surface area contributed by atoms with Crippen molar-refractivity contribution >= 4 is 22.4 Å². The summed E-state index contributed by atoms with van der Waals surface area (Å²) in [4.78, 5) is 14.2. The van der Waals surface area contributed by atoms with Gasteiger partial charge in [-0.05, 0) is 36.2 Å². The molecule has 0 saturated carbocycles. The molecule has 0 unspecified atom stereocenters. The first-order chi connectivity index (χ1) is 10.6. The molecule has 114 valence electrons. The maximum Gasteiger partial charge on any atom is 0.242 e. The van der Waals surface area contributed by atoms with Crippen molar-refractivity contribution in [3.8, 4) is 0 Å². The monoisotopic (exact) mass is 296 g/mol. The molecule has 0 bridgehead atoms. The Bertz CT molecular complexity index is 804. The molecule has 1 aliphatic carbocycles. The van der Waals surface area contributed by atoms with Crippen molar-refractivity contribution in [2.45, 2.75) is 12.5 Å².